The smallest absolute Gasteiger partial charge is 0.406 e. The number of nitrogens with one attached hydrogen (secondary N) is 3. The second-order valence-electron chi connectivity index (χ2n) is 4.53. The molecular weight excluding hydrogens is 327 g/mol. The molecule has 0 aromatic heterocycles. The minimum absolute atomic E-state index is 0.0795. The first-order valence-electron chi connectivity index (χ1n) is 6.86. The lowest BCUT2D eigenvalue weighted by atomic mass is 10.1. The van der Waals surface area contributed by atoms with Crippen LogP contribution in [-0.4, -0.2) is 37.9 Å². The van der Waals surface area contributed by atoms with E-state index in [1.807, 2.05) is 0 Å². The summed E-state index contributed by atoms with van der Waals surface area (Å²) in [5.41, 5.74) is 0.719. The van der Waals surface area contributed by atoms with E-state index in [2.05, 4.69) is 26.6 Å². The standard InChI is InChI=1S/C15H16F3N3O3/c1-2-8-19-13(22)10-21-14(23)20-9-7-11-3-5-12(6-4-11)24-15(16,17)18/h1,3-6H,7-10H2,(H,19,22)(H2,20,21,23). The molecule has 0 radical (unpaired) electrons. The molecule has 0 heterocycles. The molecule has 6 nitrogen and oxygen atoms in total. The van der Waals surface area contributed by atoms with Crippen molar-refractivity contribution < 1.29 is 27.5 Å². The van der Waals surface area contributed by atoms with Crippen molar-refractivity contribution in [3.8, 4) is 18.1 Å². The van der Waals surface area contributed by atoms with E-state index in [1.54, 1.807) is 0 Å². The molecule has 0 saturated heterocycles. The predicted molar refractivity (Wildman–Crippen MR) is 80.1 cm³/mol. The lowest BCUT2D eigenvalue weighted by Gasteiger charge is -2.10. The van der Waals surface area contributed by atoms with E-state index in [4.69, 9.17) is 6.42 Å². The molecular formula is C15H16F3N3O3. The second-order valence-corrected chi connectivity index (χ2v) is 4.53. The van der Waals surface area contributed by atoms with Gasteiger partial charge in [0.25, 0.3) is 0 Å². The molecule has 0 unspecified atom stereocenters. The summed E-state index contributed by atoms with van der Waals surface area (Å²) in [5.74, 6) is 1.50. The largest absolute Gasteiger partial charge is 0.573 e. The van der Waals surface area contributed by atoms with E-state index in [-0.39, 0.29) is 25.4 Å². The van der Waals surface area contributed by atoms with Crippen LogP contribution in [0.25, 0.3) is 0 Å². The molecule has 0 spiro atoms. The number of rotatable bonds is 7. The van der Waals surface area contributed by atoms with E-state index >= 15 is 0 Å². The van der Waals surface area contributed by atoms with Crippen LogP contribution in [0, 0.1) is 12.3 Å². The number of halogens is 3. The van der Waals surface area contributed by atoms with Gasteiger partial charge < -0.3 is 20.7 Å². The molecule has 0 bridgehead atoms. The topological polar surface area (TPSA) is 79.5 Å². The first-order valence-corrected chi connectivity index (χ1v) is 6.86. The molecule has 0 aliphatic rings. The van der Waals surface area contributed by atoms with Crippen LogP contribution in [0.1, 0.15) is 5.56 Å². The van der Waals surface area contributed by atoms with Gasteiger partial charge in [0.05, 0.1) is 13.1 Å². The maximum absolute atomic E-state index is 12.0. The van der Waals surface area contributed by atoms with Crippen molar-refractivity contribution in [3.05, 3.63) is 29.8 Å². The number of carbonyl (C=O) groups is 2. The fraction of sp³-hybridized carbons (Fsp3) is 0.333. The highest BCUT2D eigenvalue weighted by Gasteiger charge is 2.30. The second kappa shape index (κ2) is 9.29. The first kappa shape index (κ1) is 19.2. The lowest BCUT2D eigenvalue weighted by Crippen LogP contribution is -2.42. The number of urea groups is 1. The van der Waals surface area contributed by atoms with Crippen LogP contribution in [0.5, 0.6) is 5.75 Å². The lowest BCUT2D eigenvalue weighted by molar-refractivity contribution is -0.274. The molecule has 24 heavy (non-hydrogen) atoms. The van der Waals surface area contributed by atoms with Crippen LogP contribution >= 0.6 is 0 Å². The number of carbonyl (C=O) groups excluding carboxylic acids is 2. The quantitative estimate of drug-likeness (QED) is 0.651. The van der Waals surface area contributed by atoms with Crippen LogP contribution in [0.15, 0.2) is 24.3 Å². The van der Waals surface area contributed by atoms with Gasteiger partial charge in [0.2, 0.25) is 5.91 Å². The monoisotopic (exact) mass is 343 g/mol. The Morgan fingerprint density at radius 2 is 1.79 bits per heavy atom. The summed E-state index contributed by atoms with van der Waals surface area (Å²) >= 11 is 0. The Kier molecular flexibility index (Phi) is 7.42. The van der Waals surface area contributed by atoms with E-state index in [0.29, 0.717) is 6.42 Å². The van der Waals surface area contributed by atoms with Crippen LogP contribution in [0.4, 0.5) is 18.0 Å². The normalized spacial score (nSPS) is 10.4. The van der Waals surface area contributed by atoms with Gasteiger partial charge in [0, 0.05) is 6.54 Å². The fourth-order valence-electron chi connectivity index (χ4n) is 1.61. The summed E-state index contributed by atoms with van der Waals surface area (Å²) < 4.78 is 39.8. The van der Waals surface area contributed by atoms with Gasteiger partial charge >= 0.3 is 12.4 Å². The zero-order chi connectivity index (χ0) is 18.0. The van der Waals surface area contributed by atoms with E-state index in [1.165, 1.54) is 24.3 Å². The molecule has 0 saturated carbocycles. The van der Waals surface area contributed by atoms with E-state index in [9.17, 15) is 22.8 Å². The highest BCUT2D eigenvalue weighted by Crippen LogP contribution is 2.22. The van der Waals surface area contributed by atoms with Crippen LogP contribution in [-0.2, 0) is 11.2 Å². The molecule has 3 amide bonds. The Hall–Kier alpha value is -2.89. The van der Waals surface area contributed by atoms with Crippen molar-refractivity contribution in [2.45, 2.75) is 12.8 Å². The molecule has 0 fully saturated rings. The molecule has 1 aromatic carbocycles. The van der Waals surface area contributed by atoms with Gasteiger partial charge in [-0.05, 0) is 24.1 Å². The number of amides is 3. The van der Waals surface area contributed by atoms with Crippen molar-refractivity contribution >= 4 is 11.9 Å². The summed E-state index contributed by atoms with van der Waals surface area (Å²) in [5, 5.41) is 7.23. The van der Waals surface area contributed by atoms with Crippen molar-refractivity contribution in [3.63, 3.8) is 0 Å². The molecule has 0 atom stereocenters. The SMILES string of the molecule is C#CCNC(=O)CNC(=O)NCCc1ccc(OC(F)(F)F)cc1. The summed E-state index contributed by atoms with van der Waals surface area (Å²) in [4.78, 5) is 22.6. The van der Waals surface area contributed by atoms with Gasteiger partial charge in [-0.3, -0.25) is 4.79 Å². The molecule has 1 aromatic rings. The zero-order valence-electron chi connectivity index (χ0n) is 12.6. The minimum atomic E-state index is -4.73. The Labute approximate surface area is 136 Å². The Balaban J connectivity index is 2.26. The van der Waals surface area contributed by atoms with Gasteiger partial charge in [-0.1, -0.05) is 18.1 Å². The van der Waals surface area contributed by atoms with Crippen LogP contribution in [0.2, 0.25) is 0 Å². The summed E-state index contributed by atoms with van der Waals surface area (Å²) in [7, 11) is 0. The molecule has 0 aliphatic heterocycles. The van der Waals surface area contributed by atoms with Gasteiger partial charge in [0.1, 0.15) is 5.75 Å². The zero-order valence-corrected chi connectivity index (χ0v) is 12.6. The van der Waals surface area contributed by atoms with Crippen molar-refractivity contribution in [1.29, 1.82) is 0 Å². The number of benzene rings is 1. The Morgan fingerprint density at radius 1 is 1.12 bits per heavy atom. The van der Waals surface area contributed by atoms with Gasteiger partial charge in [0.15, 0.2) is 0 Å². The maximum Gasteiger partial charge on any atom is 0.573 e. The van der Waals surface area contributed by atoms with Gasteiger partial charge in [-0.25, -0.2) is 4.79 Å². The van der Waals surface area contributed by atoms with Crippen molar-refractivity contribution in [2.75, 3.05) is 19.6 Å². The van der Waals surface area contributed by atoms with Crippen LogP contribution in [0.3, 0.4) is 0 Å². The first-order chi connectivity index (χ1) is 11.3. The van der Waals surface area contributed by atoms with Gasteiger partial charge in [-0.15, -0.1) is 19.6 Å². The Bertz CT molecular complexity index is 595. The summed E-state index contributed by atoms with van der Waals surface area (Å²) in [6.45, 7) is 0.116. The fourth-order valence-corrected chi connectivity index (χ4v) is 1.61. The third-order valence-electron chi connectivity index (χ3n) is 2.65. The summed E-state index contributed by atoms with van der Waals surface area (Å²) in [6.07, 6.45) is 0.643. The molecule has 1 rings (SSSR count). The van der Waals surface area contributed by atoms with E-state index in [0.717, 1.165) is 5.56 Å². The maximum atomic E-state index is 12.0. The van der Waals surface area contributed by atoms with Crippen LogP contribution < -0.4 is 20.7 Å². The number of hydrogen-bond donors (Lipinski definition) is 3. The number of alkyl halides is 3. The highest BCUT2D eigenvalue weighted by atomic mass is 19.4. The van der Waals surface area contributed by atoms with E-state index < -0.39 is 18.3 Å². The molecule has 0 aliphatic carbocycles. The molecule has 130 valence electrons. The van der Waals surface area contributed by atoms with Crippen molar-refractivity contribution in [1.82, 2.24) is 16.0 Å². The Morgan fingerprint density at radius 3 is 2.38 bits per heavy atom. The third-order valence-corrected chi connectivity index (χ3v) is 2.65. The molecule has 9 heteroatoms. The number of ether oxygens (including phenoxy) is 1. The number of terminal acetylenes is 1. The molecule has 3 N–H and O–H groups in total. The minimum Gasteiger partial charge on any atom is -0.406 e. The average Bonchev–Trinajstić information content (AvgIpc) is 2.51. The predicted octanol–water partition coefficient (Wildman–Crippen LogP) is 1.18. The number of hydrogen-bond acceptors (Lipinski definition) is 3. The van der Waals surface area contributed by atoms with Gasteiger partial charge in [-0.2, -0.15) is 0 Å². The third kappa shape index (κ3) is 8.53. The highest BCUT2D eigenvalue weighted by molar-refractivity contribution is 5.83. The average molecular weight is 343 g/mol. The van der Waals surface area contributed by atoms with Crippen molar-refractivity contribution in [2.24, 2.45) is 0 Å². The summed E-state index contributed by atoms with van der Waals surface area (Å²) in [6, 6.07) is 4.78.